The molecular formula is C16H15NO5. The molecule has 1 atom stereocenters. The van der Waals surface area contributed by atoms with Crippen LogP contribution in [-0.2, 0) is 19.1 Å². The number of carbonyl (C=O) groups is 3. The van der Waals surface area contributed by atoms with Gasteiger partial charge in [-0.3, -0.25) is 9.59 Å². The molecule has 2 heterocycles. The Morgan fingerprint density at radius 2 is 2.00 bits per heavy atom. The van der Waals surface area contributed by atoms with Gasteiger partial charge in [-0.05, 0) is 31.2 Å². The number of anilines is 1. The molecule has 1 saturated heterocycles. The summed E-state index contributed by atoms with van der Waals surface area (Å²) >= 11 is 0. The van der Waals surface area contributed by atoms with Crippen LogP contribution in [0.5, 0.6) is 0 Å². The van der Waals surface area contributed by atoms with Crippen molar-refractivity contribution in [3.05, 3.63) is 41.5 Å². The van der Waals surface area contributed by atoms with Crippen LogP contribution in [0.15, 0.2) is 35.9 Å². The second-order valence-corrected chi connectivity index (χ2v) is 5.23. The zero-order valence-corrected chi connectivity index (χ0v) is 12.1. The van der Waals surface area contributed by atoms with Gasteiger partial charge in [0.25, 0.3) is 11.8 Å². The van der Waals surface area contributed by atoms with Crippen molar-refractivity contribution in [2.45, 2.75) is 19.4 Å². The maximum Gasteiger partial charge on any atom is 0.338 e. The Morgan fingerprint density at radius 1 is 1.32 bits per heavy atom. The van der Waals surface area contributed by atoms with E-state index in [1.54, 1.807) is 19.1 Å². The first-order valence-corrected chi connectivity index (χ1v) is 7.02. The Balaban J connectivity index is 1.66. The first kappa shape index (κ1) is 14.5. The van der Waals surface area contributed by atoms with E-state index in [9.17, 15) is 14.4 Å². The van der Waals surface area contributed by atoms with Crippen LogP contribution in [0.25, 0.3) is 0 Å². The third-order valence-electron chi connectivity index (χ3n) is 3.66. The van der Waals surface area contributed by atoms with Gasteiger partial charge in [-0.1, -0.05) is 0 Å². The fourth-order valence-electron chi connectivity index (χ4n) is 2.25. The maximum absolute atomic E-state index is 11.9. The van der Waals surface area contributed by atoms with Crippen molar-refractivity contribution < 1.29 is 23.9 Å². The third kappa shape index (κ3) is 2.65. The first-order valence-electron chi connectivity index (χ1n) is 7.02. The van der Waals surface area contributed by atoms with Crippen LogP contribution in [-0.4, -0.2) is 37.1 Å². The summed E-state index contributed by atoms with van der Waals surface area (Å²) in [6, 6.07) is 6.18. The summed E-state index contributed by atoms with van der Waals surface area (Å²) in [4.78, 5) is 36.6. The quantitative estimate of drug-likeness (QED) is 0.621. The number of rotatable bonds is 4. The van der Waals surface area contributed by atoms with Gasteiger partial charge in [-0.25, -0.2) is 9.69 Å². The van der Waals surface area contributed by atoms with Gasteiger partial charge in [0.2, 0.25) is 0 Å². The van der Waals surface area contributed by atoms with Crippen LogP contribution in [0.3, 0.4) is 0 Å². The van der Waals surface area contributed by atoms with E-state index in [0.717, 1.165) is 11.3 Å². The Labute approximate surface area is 127 Å². The standard InChI is InChI=1S/C16H15NO5/c1-10-8-14(18)17(15(10)19)12-4-2-11(3-5-12)16(20)22-9-13-6-7-21-13/h2-5,8,13H,6-7,9H2,1H3. The number of benzene rings is 1. The summed E-state index contributed by atoms with van der Waals surface area (Å²) in [6.07, 6.45) is 2.19. The summed E-state index contributed by atoms with van der Waals surface area (Å²) in [5.74, 6) is -1.17. The van der Waals surface area contributed by atoms with Gasteiger partial charge in [-0.15, -0.1) is 0 Å². The van der Waals surface area contributed by atoms with E-state index < -0.39 is 5.97 Å². The van der Waals surface area contributed by atoms with Gasteiger partial charge in [0, 0.05) is 24.7 Å². The monoisotopic (exact) mass is 301 g/mol. The van der Waals surface area contributed by atoms with E-state index in [-0.39, 0.29) is 24.5 Å². The number of amides is 2. The van der Waals surface area contributed by atoms with Crippen molar-refractivity contribution in [3.63, 3.8) is 0 Å². The minimum absolute atomic E-state index is 0.00267. The SMILES string of the molecule is CC1=CC(=O)N(c2ccc(C(=O)OCC3CCO3)cc2)C1=O. The van der Waals surface area contributed by atoms with Gasteiger partial charge in [-0.2, -0.15) is 0 Å². The molecule has 3 rings (SSSR count). The van der Waals surface area contributed by atoms with E-state index in [2.05, 4.69) is 0 Å². The molecule has 1 fully saturated rings. The van der Waals surface area contributed by atoms with E-state index in [1.165, 1.54) is 18.2 Å². The molecule has 6 heteroatoms. The lowest BCUT2D eigenvalue weighted by Crippen LogP contribution is -2.32. The van der Waals surface area contributed by atoms with E-state index in [0.29, 0.717) is 23.4 Å². The summed E-state index contributed by atoms with van der Waals surface area (Å²) in [6.45, 7) is 2.55. The molecule has 0 N–H and O–H groups in total. The number of esters is 1. The lowest BCUT2D eigenvalue weighted by Gasteiger charge is -2.25. The van der Waals surface area contributed by atoms with E-state index >= 15 is 0 Å². The number of imide groups is 1. The van der Waals surface area contributed by atoms with Crippen molar-refractivity contribution in [2.75, 3.05) is 18.1 Å². The number of hydrogen-bond acceptors (Lipinski definition) is 5. The molecule has 1 aromatic carbocycles. The number of ether oxygens (including phenoxy) is 2. The fourth-order valence-corrected chi connectivity index (χ4v) is 2.25. The Morgan fingerprint density at radius 3 is 2.50 bits per heavy atom. The number of nitrogens with zero attached hydrogens (tertiary/aromatic N) is 1. The fraction of sp³-hybridized carbons (Fsp3) is 0.312. The maximum atomic E-state index is 11.9. The molecule has 22 heavy (non-hydrogen) atoms. The second kappa shape index (κ2) is 5.73. The highest BCUT2D eigenvalue weighted by Crippen LogP contribution is 2.23. The minimum Gasteiger partial charge on any atom is -0.459 e. The molecule has 2 aliphatic rings. The van der Waals surface area contributed by atoms with Gasteiger partial charge in [0.05, 0.1) is 17.4 Å². The molecular weight excluding hydrogens is 286 g/mol. The smallest absolute Gasteiger partial charge is 0.338 e. The average molecular weight is 301 g/mol. The number of carbonyl (C=O) groups excluding carboxylic acids is 3. The van der Waals surface area contributed by atoms with Crippen molar-refractivity contribution in [1.29, 1.82) is 0 Å². The van der Waals surface area contributed by atoms with Crippen molar-refractivity contribution in [2.24, 2.45) is 0 Å². The Bertz CT molecular complexity index is 658. The van der Waals surface area contributed by atoms with Crippen LogP contribution in [0, 0.1) is 0 Å². The second-order valence-electron chi connectivity index (χ2n) is 5.23. The molecule has 0 radical (unpaired) electrons. The molecule has 0 spiro atoms. The first-order chi connectivity index (χ1) is 10.6. The largest absolute Gasteiger partial charge is 0.459 e. The van der Waals surface area contributed by atoms with Crippen LogP contribution < -0.4 is 4.90 Å². The van der Waals surface area contributed by atoms with Gasteiger partial charge in [0.15, 0.2) is 0 Å². The third-order valence-corrected chi connectivity index (χ3v) is 3.66. The summed E-state index contributed by atoms with van der Waals surface area (Å²) in [7, 11) is 0. The highest BCUT2D eigenvalue weighted by Gasteiger charge is 2.29. The zero-order chi connectivity index (χ0) is 15.7. The average Bonchev–Trinajstić information content (AvgIpc) is 2.70. The van der Waals surface area contributed by atoms with Crippen LogP contribution in [0.2, 0.25) is 0 Å². The highest BCUT2D eigenvalue weighted by atomic mass is 16.6. The van der Waals surface area contributed by atoms with Crippen LogP contribution >= 0.6 is 0 Å². The molecule has 6 nitrogen and oxygen atoms in total. The van der Waals surface area contributed by atoms with Crippen LogP contribution in [0.1, 0.15) is 23.7 Å². The lowest BCUT2D eigenvalue weighted by molar-refractivity contribution is -0.120. The molecule has 114 valence electrons. The van der Waals surface area contributed by atoms with E-state index in [4.69, 9.17) is 9.47 Å². The minimum atomic E-state index is -0.449. The summed E-state index contributed by atoms with van der Waals surface area (Å²) < 4.78 is 10.3. The molecule has 2 aliphatic heterocycles. The molecule has 0 bridgehead atoms. The Kier molecular flexibility index (Phi) is 3.77. The zero-order valence-electron chi connectivity index (χ0n) is 12.1. The summed E-state index contributed by atoms with van der Waals surface area (Å²) in [5.41, 5.74) is 1.20. The molecule has 2 amide bonds. The summed E-state index contributed by atoms with van der Waals surface area (Å²) in [5, 5.41) is 0. The molecule has 0 saturated carbocycles. The predicted octanol–water partition coefficient (Wildman–Crippen LogP) is 1.45. The Hall–Kier alpha value is -2.47. The molecule has 0 aliphatic carbocycles. The molecule has 0 aromatic heterocycles. The van der Waals surface area contributed by atoms with Crippen molar-refractivity contribution >= 4 is 23.5 Å². The van der Waals surface area contributed by atoms with Gasteiger partial charge < -0.3 is 9.47 Å². The normalized spacial score (nSPS) is 20.7. The lowest BCUT2D eigenvalue weighted by atomic mass is 10.2. The van der Waals surface area contributed by atoms with Crippen LogP contribution in [0.4, 0.5) is 5.69 Å². The highest BCUT2D eigenvalue weighted by molar-refractivity contribution is 6.30. The van der Waals surface area contributed by atoms with Gasteiger partial charge >= 0.3 is 5.97 Å². The molecule has 1 unspecified atom stereocenters. The topological polar surface area (TPSA) is 72.9 Å². The number of hydrogen-bond donors (Lipinski definition) is 0. The predicted molar refractivity (Wildman–Crippen MR) is 77.3 cm³/mol. The van der Waals surface area contributed by atoms with Crippen molar-refractivity contribution in [3.8, 4) is 0 Å². The molecule has 1 aromatic rings. The van der Waals surface area contributed by atoms with Crippen molar-refractivity contribution in [1.82, 2.24) is 0 Å². The van der Waals surface area contributed by atoms with Gasteiger partial charge in [0.1, 0.15) is 6.61 Å². The van der Waals surface area contributed by atoms with E-state index in [1.807, 2.05) is 0 Å².